The Morgan fingerprint density at radius 3 is 2.81 bits per heavy atom. The highest BCUT2D eigenvalue weighted by molar-refractivity contribution is 8.05. The fourth-order valence-corrected chi connectivity index (χ4v) is 3.04. The summed E-state index contributed by atoms with van der Waals surface area (Å²) in [7, 11) is 0. The molecule has 2 fully saturated rings. The van der Waals surface area contributed by atoms with Crippen molar-refractivity contribution in [3.05, 3.63) is 22.9 Å². The summed E-state index contributed by atoms with van der Waals surface area (Å²) < 4.78 is 0. The molecule has 1 unspecified atom stereocenters. The molecular weight excluding hydrogens is 292 g/mol. The van der Waals surface area contributed by atoms with Gasteiger partial charge in [-0.15, -0.1) is 0 Å². The first kappa shape index (κ1) is 14.3. The molecule has 3 N–H and O–H groups in total. The van der Waals surface area contributed by atoms with Crippen LogP contribution in [-0.4, -0.2) is 50.8 Å². The van der Waals surface area contributed by atoms with Crippen LogP contribution < -0.4 is 10.2 Å². The Morgan fingerprint density at radius 2 is 2.14 bits per heavy atom. The number of hydrogen-bond acceptors (Lipinski definition) is 7. The highest BCUT2D eigenvalue weighted by Gasteiger charge is 2.25. The van der Waals surface area contributed by atoms with Crippen molar-refractivity contribution < 1.29 is 15.0 Å². The Morgan fingerprint density at radius 1 is 1.38 bits per heavy atom. The summed E-state index contributed by atoms with van der Waals surface area (Å²) in [6.45, 7) is 1.43. The van der Waals surface area contributed by atoms with E-state index in [-0.39, 0.29) is 12.0 Å². The lowest BCUT2D eigenvalue weighted by Gasteiger charge is -2.29. The molecule has 3 heterocycles. The van der Waals surface area contributed by atoms with Crippen molar-refractivity contribution in [3.63, 3.8) is 0 Å². The number of rotatable bonds is 2. The van der Waals surface area contributed by atoms with Crippen LogP contribution in [0, 0.1) is 0 Å². The topological polar surface area (TPSA) is 98.6 Å². The minimum atomic E-state index is -0.895. The van der Waals surface area contributed by atoms with E-state index in [1.54, 1.807) is 18.3 Å². The zero-order valence-corrected chi connectivity index (χ0v) is 12.1. The van der Waals surface area contributed by atoms with E-state index in [1.165, 1.54) is 0 Å². The van der Waals surface area contributed by atoms with E-state index >= 15 is 0 Å². The normalized spacial score (nSPS) is 25.4. The highest BCUT2D eigenvalue weighted by Crippen LogP contribution is 2.27. The summed E-state index contributed by atoms with van der Waals surface area (Å²) in [6.07, 6.45) is 4.46. The number of carbonyl (C=O) groups excluding carboxylic acids is 1. The molecule has 1 aromatic rings. The summed E-state index contributed by atoms with van der Waals surface area (Å²) in [6, 6.07) is 1.72. The highest BCUT2D eigenvalue weighted by atomic mass is 32.2. The van der Waals surface area contributed by atoms with Crippen LogP contribution in [0.5, 0.6) is 0 Å². The van der Waals surface area contributed by atoms with Gasteiger partial charge in [0.2, 0.25) is 5.95 Å². The minimum absolute atomic E-state index is 0.244. The van der Waals surface area contributed by atoms with Crippen molar-refractivity contribution in [1.29, 1.82) is 0 Å². The Bertz CT molecular complexity index is 572. The first-order valence-electron chi connectivity index (χ1n) is 6.75. The second kappa shape index (κ2) is 6.00. The number of aromatic nitrogens is 2. The molecule has 0 aliphatic carbocycles. The summed E-state index contributed by atoms with van der Waals surface area (Å²) in [5, 5.41) is 21.3. The molecular formula is C13H16N4O3S. The lowest BCUT2D eigenvalue weighted by Crippen LogP contribution is -2.36. The van der Waals surface area contributed by atoms with E-state index in [4.69, 9.17) is 0 Å². The van der Waals surface area contributed by atoms with Gasteiger partial charge < -0.3 is 20.4 Å². The first-order valence-corrected chi connectivity index (χ1v) is 7.63. The van der Waals surface area contributed by atoms with Crippen molar-refractivity contribution in [2.24, 2.45) is 0 Å². The Hall–Kier alpha value is -1.64. The van der Waals surface area contributed by atoms with Crippen molar-refractivity contribution in [2.75, 3.05) is 18.0 Å². The zero-order valence-electron chi connectivity index (χ0n) is 11.3. The van der Waals surface area contributed by atoms with Gasteiger partial charge in [0.25, 0.3) is 5.91 Å². The van der Waals surface area contributed by atoms with Crippen molar-refractivity contribution in [2.45, 2.75) is 24.5 Å². The standard InChI is InChI=1S/C13H16N4O3S/c18-9-2-5-17(6-3-9)12-14-4-1-8(15-12)7-10-11(19)16-13(20)21-10/h1,4,7,9,13,18,20H,2-3,5-6H2,(H,16,19). The second-order valence-corrected chi connectivity index (χ2v) is 6.07. The predicted octanol–water partition coefficient (Wildman–Crippen LogP) is -0.0825. The van der Waals surface area contributed by atoms with Gasteiger partial charge in [-0.25, -0.2) is 9.97 Å². The number of carbonyl (C=O) groups is 1. The van der Waals surface area contributed by atoms with E-state index in [1.807, 2.05) is 4.90 Å². The van der Waals surface area contributed by atoms with Crippen molar-refractivity contribution >= 4 is 29.7 Å². The average Bonchev–Trinajstić information content (AvgIpc) is 2.78. The molecule has 8 heteroatoms. The molecule has 21 heavy (non-hydrogen) atoms. The van der Waals surface area contributed by atoms with Gasteiger partial charge in [0, 0.05) is 19.3 Å². The van der Waals surface area contributed by atoms with Gasteiger partial charge in [-0.3, -0.25) is 4.79 Å². The number of aliphatic hydroxyl groups is 2. The number of hydrogen-bond donors (Lipinski definition) is 3. The van der Waals surface area contributed by atoms with Gasteiger partial charge in [-0.05, 0) is 25.0 Å². The van der Waals surface area contributed by atoms with Crippen LogP contribution in [0.25, 0.3) is 6.08 Å². The second-order valence-electron chi connectivity index (χ2n) is 4.95. The van der Waals surface area contributed by atoms with Crippen molar-refractivity contribution in [3.8, 4) is 0 Å². The van der Waals surface area contributed by atoms with Crippen LogP contribution in [0.15, 0.2) is 17.2 Å². The summed E-state index contributed by atoms with van der Waals surface area (Å²) in [5.41, 5.74) is -0.272. The number of thioether (sulfide) groups is 1. The molecule has 0 spiro atoms. The SMILES string of the molecule is O=C1NC(O)SC1=Cc1ccnc(N2CCC(O)CC2)n1. The number of piperidine rings is 1. The molecule has 2 saturated heterocycles. The van der Waals surface area contributed by atoms with Crippen LogP contribution in [0.4, 0.5) is 5.95 Å². The fourth-order valence-electron chi connectivity index (χ4n) is 2.28. The third-order valence-electron chi connectivity index (χ3n) is 3.41. The molecule has 7 nitrogen and oxygen atoms in total. The van der Waals surface area contributed by atoms with Crippen LogP contribution in [0.3, 0.4) is 0 Å². The quantitative estimate of drug-likeness (QED) is 0.657. The van der Waals surface area contributed by atoms with E-state index in [0.717, 1.165) is 24.9 Å². The maximum atomic E-state index is 11.6. The van der Waals surface area contributed by atoms with E-state index in [9.17, 15) is 15.0 Å². The number of nitrogens with one attached hydrogen (secondary N) is 1. The summed E-state index contributed by atoms with van der Waals surface area (Å²) in [4.78, 5) is 22.7. The van der Waals surface area contributed by atoms with Gasteiger partial charge in [0.05, 0.1) is 16.7 Å². The number of anilines is 1. The van der Waals surface area contributed by atoms with Gasteiger partial charge in [-0.2, -0.15) is 0 Å². The molecule has 1 amide bonds. The van der Waals surface area contributed by atoms with Gasteiger partial charge in [0.1, 0.15) is 0 Å². The molecule has 0 aromatic carbocycles. The zero-order chi connectivity index (χ0) is 14.8. The lowest BCUT2D eigenvalue weighted by molar-refractivity contribution is -0.117. The number of aliphatic hydroxyl groups excluding tert-OH is 2. The Balaban J connectivity index is 1.77. The van der Waals surface area contributed by atoms with Crippen LogP contribution in [0.1, 0.15) is 18.5 Å². The van der Waals surface area contributed by atoms with Gasteiger partial charge in [0.15, 0.2) is 5.56 Å². The minimum Gasteiger partial charge on any atom is -0.393 e. The fraction of sp³-hybridized carbons (Fsp3) is 0.462. The largest absolute Gasteiger partial charge is 0.393 e. The van der Waals surface area contributed by atoms with E-state index in [2.05, 4.69) is 15.3 Å². The Kier molecular flexibility index (Phi) is 4.09. The lowest BCUT2D eigenvalue weighted by atomic mass is 10.1. The summed E-state index contributed by atoms with van der Waals surface area (Å²) in [5.74, 6) is 0.300. The van der Waals surface area contributed by atoms with Gasteiger partial charge in [-0.1, -0.05) is 11.8 Å². The molecule has 2 aliphatic rings. The monoisotopic (exact) mass is 308 g/mol. The molecule has 0 radical (unpaired) electrons. The molecule has 0 bridgehead atoms. The smallest absolute Gasteiger partial charge is 0.260 e. The Labute approximate surface area is 126 Å². The van der Waals surface area contributed by atoms with Crippen LogP contribution in [-0.2, 0) is 4.79 Å². The van der Waals surface area contributed by atoms with E-state index in [0.29, 0.717) is 29.4 Å². The summed E-state index contributed by atoms with van der Waals surface area (Å²) >= 11 is 1.06. The molecule has 1 atom stereocenters. The van der Waals surface area contributed by atoms with Crippen LogP contribution in [0.2, 0.25) is 0 Å². The van der Waals surface area contributed by atoms with Crippen LogP contribution >= 0.6 is 11.8 Å². The third kappa shape index (κ3) is 3.34. The molecule has 2 aliphatic heterocycles. The molecule has 0 saturated carbocycles. The van der Waals surface area contributed by atoms with Crippen molar-refractivity contribution in [1.82, 2.24) is 15.3 Å². The first-order chi connectivity index (χ1) is 10.1. The number of amides is 1. The molecule has 112 valence electrons. The van der Waals surface area contributed by atoms with Gasteiger partial charge >= 0.3 is 0 Å². The van der Waals surface area contributed by atoms with E-state index < -0.39 is 5.56 Å². The molecule has 1 aromatic heterocycles. The number of nitrogens with zero attached hydrogens (tertiary/aromatic N) is 3. The maximum absolute atomic E-state index is 11.6. The average molecular weight is 308 g/mol. The molecule has 3 rings (SSSR count). The predicted molar refractivity (Wildman–Crippen MR) is 79.2 cm³/mol. The maximum Gasteiger partial charge on any atom is 0.260 e. The third-order valence-corrected chi connectivity index (χ3v) is 4.31.